The normalized spacial score (nSPS) is 23.5. The van der Waals surface area contributed by atoms with E-state index in [1.165, 1.54) is 0 Å². The molecule has 2 heterocycles. The van der Waals surface area contributed by atoms with Gasteiger partial charge in [0, 0.05) is 47.8 Å². The quantitative estimate of drug-likeness (QED) is 0.597. The van der Waals surface area contributed by atoms with Gasteiger partial charge in [-0.25, -0.2) is 0 Å². The lowest BCUT2D eigenvalue weighted by molar-refractivity contribution is -0.123. The largest absolute Gasteiger partial charge is 0.448 e. The Morgan fingerprint density at radius 2 is 1.83 bits per heavy atom. The predicted octanol–water partition coefficient (Wildman–Crippen LogP) is 4.75. The molecule has 0 saturated heterocycles. The van der Waals surface area contributed by atoms with Gasteiger partial charge in [0.15, 0.2) is 11.5 Å². The van der Waals surface area contributed by atoms with Gasteiger partial charge in [-0.2, -0.15) is 0 Å². The number of aryl methyl sites for hydroxylation is 2. The molecule has 1 atom stereocenters. The minimum Gasteiger partial charge on any atom is -0.448 e. The average molecular weight is 502 g/mol. The number of H-pyrrole nitrogens is 1. The fourth-order valence-electron chi connectivity index (χ4n) is 5.42. The maximum Gasteiger partial charge on any atom is 0.253 e. The second-order valence-electron chi connectivity index (χ2n) is 10.2. The number of aromatic nitrogens is 1. The number of hydrogen-bond acceptors (Lipinski definition) is 5. The first-order chi connectivity index (χ1) is 16.5. The van der Waals surface area contributed by atoms with Crippen molar-refractivity contribution in [2.45, 2.75) is 78.2 Å². The Morgan fingerprint density at radius 3 is 2.46 bits per heavy atom. The Labute approximate surface area is 212 Å². The lowest BCUT2D eigenvalue weighted by Gasteiger charge is -2.39. The molecule has 1 amide bonds. The van der Waals surface area contributed by atoms with Crippen LogP contribution in [0.2, 0.25) is 5.02 Å². The van der Waals surface area contributed by atoms with Crippen molar-refractivity contribution in [1.29, 1.82) is 0 Å². The minimum atomic E-state index is -0.811. The lowest BCUT2D eigenvalue weighted by Crippen LogP contribution is -2.46. The number of hydrogen-bond donors (Lipinski definition) is 2. The molecule has 1 unspecified atom stereocenters. The summed E-state index contributed by atoms with van der Waals surface area (Å²) < 4.78 is 12.7. The second kappa shape index (κ2) is 9.86. The van der Waals surface area contributed by atoms with E-state index in [-0.39, 0.29) is 23.9 Å². The molecule has 1 aromatic heterocycles. The van der Waals surface area contributed by atoms with Gasteiger partial charge < -0.3 is 24.7 Å². The zero-order valence-corrected chi connectivity index (χ0v) is 22.3. The molecule has 1 aliphatic carbocycles. The van der Waals surface area contributed by atoms with E-state index >= 15 is 0 Å². The Morgan fingerprint density at radius 1 is 1.17 bits per heavy atom. The van der Waals surface area contributed by atoms with Crippen molar-refractivity contribution in [3.63, 3.8) is 0 Å². The van der Waals surface area contributed by atoms with Gasteiger partial charge in [-0.1, -0.05) is 18.5 Å². The molecule has 4 rings (SSSR count). The Bertz CT molecular complexity index is 1180. The van der Waals surface area contributed by atoms with Crippen LogP contribution in [0.25, 0.3) is 0 Å². The van der Waals surface area contributed by atoms with Crippen molar-refractivity contribution in [2.24, 2.45) is 5.92 Å². The zero-order chi connectivity index (χ0) is 25.5. The highest BCUT2D eigenvalue weighted by molar-refractivity contribution is 6.33. The molecule has 0 radical (unpaired) electrons. The molecule has 0 bridgehead atoms. The van der Waals surface area contributed by atoms with E-state index in [4.69, 9.17) is 21.1 Å². The Balaban J connectivity index is 1.52. The molecular formula is C27H36ClN3O4. The van der Waals surface area contributed by atoms with Crippen molar-refractivity contribution < 1.29 is 14.3 Å². The number of nitrogens with one attached hydrogen (secondary N) is 2. The van der Waals surface area contributed by atoms with Gasteiger partial charge in [0.1, 0.15) is 0 Å². The molecule has 2 aromatic rings. The summed E-state index contributed by atoms with van der Waals surface area (Å²) in [5.74, 6) is 0.148. The first-order valence-corrected chi connectivity index (χ1v) is 12.8. The highest BCUT2D eigenvalue weighted by atomic mass is 35.5. The molecule has 1 fully saturated rings. The number of ether oxygens (including phenoxy) is 2. The van der Waals surface area contributed by atoms with Crippen LogP contribution in [0.4, 0.5) is 0 Å². The summed E-state index contributed by atoms with van der Waals surface area (Å²) in [6.07, 6.45) is 4.90. The average Bonchev–Trinajstić information content (AvgIpc) is 3.20. The van der Waals surface area contributed by atoms with Crippen molar-refractivity contribution in [2.75, 3.05) is 14.1 Å². The highest BCUT2D eigenvalue weighted by Gasteiger charge is 2.47. The standard InChI is InChI=1S/C27H36ClN3O4/c1-7-17-12-15(2)30-26(33)21(17)14-29-25(32)20-13-22(28)24-23(16(20)3)34-27(4,35-24)18-8-10-19(11-9-18)31(5)6/h12-13,18-19H,7-11,14H2,1-6H3,(H,29,32)(H,30,33). The van der Waals surface area contributed by atoms with Crippen molar-refractivity contribution >= 4 is 17.5 Å². The number of benzene rings is 1. The topological polar surface area (TPSA) is 83.7 Å². The van der Waals surface area contributed by atoms with E-state index in [1.54, 1.807) is 6.07 Å². The van der Waals surface area contributed by atoms with Gasteiger partial charge in [-0.3, -0.25) is 9.59 Å². The minimum absolute atomic E-state index is 0.135. The molecular weight excluding hydrogens is 466 g/mol. The van der Waals surface area contributed by atoms with Gasteiger partial charge in [0.2, 0.25) is 0 Å². The number of rotatable bonds is 6. The van der Waals surface area contributed by atoms with Crippen molar-refractivity contribution in [3.05, 3.63) is 55.5 Å². The van der Waals surface area contributed by atoms with Crippen molar-refractivity contribution in [1.82, 2.24) is 15.2 Å². The molecule has 8 heteroatoms. The Hall–Kier alpha value is -2.51. The van der Waals surface area contributed by atoms with Gasteiger partial charge >= 0.3 is 0 Å². The fourth-order valence-corrected chi connectivity index (χ4v) is 5.66. The van der Waals surface area contributed by atoms with Crippen LogP contribution >= 0.6 is 11.6 Å². The molecule has 35 heavy (non-hydrogen) atoms. The molecule has 1 aromatic carbocycles. The SMILES string of the molecule is CCc1cc(C)[nH]c(=O)c1CNC(=O)c1cc(Cl)c2c(c1C)OC(C)(C1CCC(N(C)C)CC1)O2. The molecule has 1 aliphatic heterocycles. The molecule has 1 saturated carbocycles. The number of halogens is 1. The fraction of sp³-hybridized carbons (Fsp3) is 0.556. The van der Waals surface area contributed by atoms with Crippen LogP contribution in [0.3, 0.4) is 0 Å². The summed E-state index contributed by atoms with van der Waals surface area (Å²) in [6, 6.07) is 4.15. The number of fused-ring (bicyclic) bond motifs is 1. The molecule has 0 spiro atoms. The summed E-state index contributed by atoms with van der Waals surface area (Å²) in [5.41, 5.74) is 3.21. The zero-order valence-electron chi connectivity index (χ0n) is 21.5. The van der Waals surface area contributed by atoms with Crippen LogP contribution < -0.4 is 20.3 Å². The van der Waals surface area contributed by atoms with Crippen LogP contribution in [-0.4, -0.2) is 41.7 Å². The monoisotopic (exact) mass is 501 g/mol. The summed E-state index contributed by atoms with van der Waals surface area (Å²) in [6.45, 7) is 7.79. The number of carbonyl (C=O) groups excluding carboxylic acids is 1. The first kappa shape index (κ1) is 25.6. The Kier molecular flexibility index (Phi) is 7.21. The number of pyridine rings is 1. The van der Waals surface area contributed by atoms with E-state index in [9.17, 15) is 9.59 Å². The van der Waals surface area contributed by atoms with Gasteiger partial charge in [-0.15, -0.1) is 0 Å². The summed E-state index contributed by atoms with van der Waals surface area (Å²) >= 11 is 6.58. The van der Waals surface area contributed by atoms with Crippen molar-refractivity contribution in [3.8, 4) is 11.5 Å². The van der Waals surface area contributed by atoms with Crippen LogP contribution in [-0.2, 0) is 13.0 Å². The smallest absolute Gasteiger partial charge is 0.253 e. The van der Waals surface area contributed by atoms with E-state index < -0.39 is 5.79 Å². The third-order valence-electron chi connectivity index (χ3n) is 7.63. The van der Waals surface area contributed by atoms with Crippen LogP contribution in [0.5, 0.6) is 11.5 Å². The van der Waals surface area contributed by atoms with Crippen LogP contribution in [0.1, 0.15) is 72.3 Å². The van der Waals surface area contributed by atoms with Gasteiger partial charge in [-0.05, 0) is 77.7 Å². The third-order valence-corrected chi connectivity index (χ3v) is 7.91. The molecule has 7 nitrogen and oxygen atoms in total. The van der Waals surface area contributed by atoms with Gasteiger partial charge in [0.05, 0.1) is 5.02 Å². The molecule has 190 valence electrons. The van der Waals surface area contributed by atoms with Crippen LogP contribution in [0.15, 0.2) is 16.9 Å². The maximum absolute atomic E-state index is 13.1. The van der Waals surface area contributed by atoms with E-state index in [1.807, 2.05) is 33.8 Å². The third kappa shape index (κ3) is 4.94. The lowest BCUT2D eigenvalue weighted by atomic mass is 9.81. The number of aromatic amines is 1. The summed E-state index contributed by atoms with van der Waals surface area (Å²) in [7, 11) is 4.25. The molecule has 2 aliphatic rings. The van der Waals surface area contributed by atoms with E-state index in [0.717, 1.165) is 36.9 Å². The summed E-state index contributed by atoms with van der Waals surface area (Å²) in [5, 5.41) is 3.24. The van der Waals surface area contributed by atoms with E-state index in [0.29, 0.717) is 45.7 Å². The summed E-state index contributed by atoms with van der Waals surface area (Å²) in [4.78, 5) is 30.7. The predicted molar refractivity (Wildman–Crippen MR) is 138 cm³/mol. The maximum atomic E-state index is 13.1. The molecule has 2 N–H and O–H groups in total. The highest BCUT2D eigenvalue weighted by Crippen LogP contribution is 2.51. The number of carbonyl (C=O) groups is 1. The number of amides is 1. The second-order valence-corrected chi connectivity index (χ2v) is 10.6. The first-order valence-electron chi connectivity index (χ1n) is 12.4. The van der Waals surface area contributed by atoms with E-state index in [2.05, 4.69) is 29.3 Å². The van der Waals surface area contributed by atoms with Crippen LogP contribution in [0, 0.1) is 19.8 Å². The van der Waals surface area contributed by atoms with Gasteiger partial charge in [0.25, 0.3) is 17.3 Å². The number of nitrogens with zero attached hydrogens (tertiary/aromatic N) is 1.